The first kappa shape index (κ1) is 17.6. The van der Waals surface area contributed by atoms with E-state index in [9.17, 15) is 4.79 Å². The van der Waals surface area contributed by atoms with E-state index in [2.05, 4.69) is 56.7 Å². The van der Waals surface area contributed by atoms with Crippen LogP contribution < -0.4 is 5.32 Å². The molecule has 1 aromatic carbocycles. The van der Waals surface area contributed by atoms with E-state index in [0.29, 0.717) is 10.3 Å². The molecule has 0 saturated heterocycles. The quantitative estimate of drug-likeness (QED) is 0.616. The Hall–Kier alpha value is -2.19. The Kier molecular flexibility index (Phi) is 5.83. The minimum absolute atomic E-state index is 0.116. The Labute approximate surface area is 154 Å². The predicted octanol–water partition coefficient (Wildman–Crippen LogP) is 3.78. The molecular weight excluding hydrogens is 354 g/mol. The zero-order chi connectivity index (χ0) is 17.6. The van der Waals surface area contributed by atoms with E-state index in [1.165, 1.54) is 28.7 Å². The second-order valence-electron chi connectivity index (χ2n) is 5.34. The summed E-state index contributed by atoms with van der Waals surface area (Å²) in [7, 11) is 0. The van der Waals surface area contributed by atoms with Crippen LogP contribution in [0.15, 0.2) is 34.8 Å². The molecule has 0 spiro atoms. The highest BCUT2D eigenvalue weighted by Gasteiger charge is 2.10. The van der Waals surface area contributed by atoms with Crippen molar-refractivity contribution in [3.63, 3.8) is 0 Å². The second-order valence-corrected chi connectivity index (χ2v) is 7.14. The van der Waals surface area contributed by atoms with E-state index in [4.69, 9.17) is 0 Å². The maximum absolute atomic E-state index is 12.1. The molecule has 3 rings (SSSR count). The van der Waals surface area contributed by atoms with Crippen LogP contribution in [0.5, 0.6) is 0 Å². The number of aromatic amines is 1. The lowest BCUT2D eigenvalue weighted by atomic mass is 10.1. The molecule has 0 aliphatic rings. The fraction of sp³-hybridized carbons (Fsp3) is 0.294. The summed E-state index contributed by atoms with van der Waals surface area (Å²) in [5.41, 5.74) is 3.22. The normalized spacial score (nSPS) is 10.8. The number of hydrogen-bond acceptors (Lipinski definition) is 6. The number of thioether (sulfide) groups is 1. The number of thiazole rings is 1. The molecule has 25 heavy (non-hydrogen) atoms. The minimum Gasteiger partial charge on any atom is -0.301 e. The van der Waals surface area contributed by atoms with E-state index in [1.54, 1.807) is 0 Å². The molecule has 8 heteroatoms. The molecule has 2 aromatic heterocycles. The summed E-state index contributed by atoms with van der Waals surface area (Å²) in [6.45, 7) is 4.13. The van der Waals surface area contributed by atoms with Crippen LogP contribution in [0.4, 0.5) is 5.13 Å². The van der Waals surface area contributed by atoms with Crippen LogP contribution in [0.2, 0.25) is 0 Å². The molecule has 1 amide bonds. The van der Waals surface area contributed by atoms with Gasteiger partial charge in [0.05, 0.1) is 11.4 Å². The molecule has 2 heterocycles. The van der Waals surface area contributed by atoms with Gasteiger partial charge < -0.3 is 5.32 Å². The topological polar surface area (TPSA) is 83.6 Å². The number of H-pyrrole nitrogens is 1. The average molecular weight is 374 g/mol. The first-order valence-electron chi connectivity index (χ1n) is 8.06. The molecular formula is C17H19N5OS2. The molecule has 0 radical (unpaired) electrons. The molecule has 0 aliphatic carbocycles. The fourth-order valence-electron chi connectivity index (χ4n) is 2.16. The molecule has 130 valence electrons. The largest absolute Gasteiger partial charge is 0.301 e. The van der Waals surface area contributed by atoms with Crippen molar-refractivity contribution in [3.05, 3.63) is 41.0 Å². The van der Waals surface area contributed by atoms with E-state index in [-0.39, 0.29) is 11.7 Å². The number of amides is 1. The zero-order valence-electron chi connectivity index (χ0n) is 14.1. The van der Waals surface area contributed by atoms with Crippen molar-refractivity contribution >= 4 is 34.1 Å². The maximum atomic E-state index is 12.1. The van der Waals surface area contributed by atoms with Gasteiger partial charge in [-0.3, -0.25) is 9.89 Å². The number of anilines is 1. The van der Waals surface area contributed by atoms with Crippen molar-refractivity contribution < 1.29 is 4.79 Å². The minimum atomic E-state index is -0.116. The summed E-state index contributed by atoms with van der Waals surface area (Å²) in [5, 5.41) is 12.9. The van der Waals surface area contributed by atoms with Crippen molar-refractivity contribution in [3.8, 4) is 11.3 Å². The molecule has 3 aromatic rings. The number of aromatic nitrogens is 4. The van der Waals surface area contributed by atoms with Gasteiger partial charge in [-0.15, -0.1) is 16.4 Å². The Balaban J connectivity index is 1.55. The first-order valence-corrected chi connectivity index (χ1v) is 9.93. The number of hydrogen-bond donors (Lipinski definition) is 2. The number of nitrogens with zero attached hydrogens (tertiary/aromatic N) is 3. The summed E-state index contributed by atoms with van der Waals surface area (Å²) in [5.74, 6) is 0.956. The molecule has 0 aliphatic heterocycles. The standard InChI is InChI=1S/C17H19N5OS2/c1-3-11-5-7-12(8-6-11)13-9-24-16(18-13)20-15(23)10-25-17-19-14(4-2)21-22-17/h5-9H,3-4,10H2,1-2H3,(H,18,20,23)(H,19,21,22). The summed E-state index contributed by atoms with van der Waals surface area (Å²) >= 11 is 2.72. The van der Waals surface area contributed by atoms with Crippen molar-refractivity contribution in [1.82, 2.24) is 20.2 Å². The van der Waals surface area contributed by atoms with Crippen LogP contribution in [0.25, 0.3) is 11.3 Å². The summed E-state index contributed by atoms with van der Waals surface area (Å²) in [4.78, 5) is 20.8. The molecule has 0 saturated carbocycles. The van der Waals surface area contributed by atoms with Gasteiger partial charge in [-0.1, -0.05) is 49.9 Å². The average Bonchev–Trinajstić information content (AvgIpc) is 3.29. The molecule has 0 atom stereocenters. The van der Waals surface area contributed by atoms with Gasteiger partial charge in [0.2, 0.25) is 11.1 Å². The molecule has 6 nitrogen and oxygen atoms in total. The lowest BCUT2D eigenvalue weighted by Gasteiger charge is -2.00. The van der Waals surface area contributed by atoms with Gasteiger partial charge in [0.15, 0.2) is 5.13 Å². The lowest BCUT2D eigenvalue weighted by Crippen LogP contribution is -2.13. The lowest BCUT2D eigenvalue weighted by molar-refractivity contribution is -0.113. The highest BCUT2D eigenvalue weighted by molar-refractivity contribution is 7.99. The summed E-state index contributed by atoms with van der Waals surface area (Å²) < 4.78 is 0. The van der Waals surface area contributed by atoms with Crippen molar-refractivity contribution in [2.45, 2.75) is 31.8 Å². The van der Waals surface area contributed by atoms with E-state index in [1.807, 2.05) is 12.3 Å². The third-order valence-corrected chi connectivity index (χ3v) is 5.19. The van der Waals surface area contributed by atoms with Crippen molar-refractivity contribution in [2.24, 2.45) is 0 Å². The van der Waals surface area contributed by atoms with E-state index >= 15 is 0 Å². The Morgan fingerprint density at radius 3 is 2.68 bits per heavy atom. The number of benzene rings is 1. The number of aryl methyl sites for hydroxylation is 2. The van der Waals surface area contributed by atoms with Crippen LogP contribution in [0.1, 0.15) is 25.2 Å². The maximum Gasteiger partial charge on any atom is 0.236 e. The zero-order valence-corrected chi connectivity index (χ0v) is 15.7. The van der Waals surface area contributed by atoms with Gasteiger partial charge >= 0.3 is 0 Å². The number of nitrogens with one attached hydrogen (secondary N) is 2. The van der Waals surface area contributed by atoms with Gasteiger partial charge in [-0.2, -0.15) is 0 Å². The smallest absolute Gasteiger partial charge is 0.236 e. The third kappa shape index (κ3) is 4.67. The Morgan fingerprint density at radius 1 is 1.20 bits per heavy atom. The van der Waals surface area contributed by atoms with Gasteiger partial charge in [-0.25, -0.2) is 9.97 Å². The third-order valence-electron chi connectivity index (χ3n) is 3.59. The predicted molar refractivity (Wildman–Crippen MR) is 102 cm³/mol. The van der Waals surface area contributed by atoms with E-state index in [0.717, 1.165) is 29.9 Å². The molecule has 0 unspecified atom stereocenters. The summed E-state index contributed by atoms with van der Waals surface area (Å²) in [6, 6.07) is 8.32. The highest BCUT2D eigenvalue weighted by Crippen LogP contribution is 2.25. The van der Waals surface area contributed by atoms with Crippen LogP contribution in [-0.4, -0.2) is 31.8 Å². The second kappa shape index (κ2) is 8.26. The molecule has 2 N–H and O–H groups in total. The fourth-order valence-corrected chi connectivity index (χ4v) is 3.51. The van der Waals surface area contributed by atoms with Gasteiger partial charge in [0.1, 0.15) is 5.82 Å². The summed E-state index contributed by atoms with van der Waals surface area (Å²) in [6.07, 6.45) is 1.81. The SMILES string of the molecule is CCc1ccc(-c2csc(NC(=O)CSc3n[nH]c(CC)n3)n2)cc1. The first-order chi connectivity index (χ1) is 12.2. The van der Waals surface area contributed by atoms with Crippen molar-refractivity contribution in [2.75, 3.05) is 11.1 Å². The number of rotatable bonds is 7. The van der Waals surface area contributed by atoms with Gasteiger partial charge in [0.25, 0.3) is 0 Å². The van der Waals surface area contributed by atoms with Crippen LogP contribution in [0, 0.1) is 0 Å². The number of carbonyl (C=O) groups excluding carboxylic acids is 1. The number of carbonyl (C=O) groups is 1. The van der Waals surface area contributed by atoms with E-state index < -0.39 is 0 Å². The molecule has 0 bridgehead atoms. The Bertz CT molecular complexity index is 841. The van der Waals surface area contributed by atoms with Crippen LogP contribution >= 0.6 is 23.1 Å². The van der Waals surface area contributed by atoms with Crippen LogP contribution in [0.3, 0.4) is 0 Å². The van der Waals surface area contributed by atoms with Crippen LogP contribution in [-0.2, 0) is 17.6 Å². The van der Waals surface area contributed by atoms with Crippen molar-refractivity contribution in [1.29, 1.82) is 0 Å². The monoisotopic (exact) mass is 373 g/mol. The highest BCUT2D eigenvalue weighted by atomic mass is 32.2. The Morgan fingerprint density at radius 2 is 2.00 bits per heavy atom. The molecule has 0 fully saturated rings. The van der Waals surface area contributed by atoms with Gasteiger partial charge in [0, 0.05) is 17.4 Å². The van der Waals surface area contributed by atoms with Gasteiger partial charge in [-0.05, 0) is 12.0 Å².